The summed E-state index contributed by atoms with van der Waals surface area (Å²) in [5, 5.41) is 8.79. The molecule has 0 N–H and O–H groups in total. The van der Waals surface area contributed by atoms with Gasteiger partial charge in [0.2, 0.25) is 6.10 Å². The summed E-state index contributed by atoms with van der Waals surface area (Å²) >= 11 is 0. The molecule has 98 valence electrons. The summed E-state index contributed by atoms with van der Waals surface area (Å²) in [6.45, 7) is 0. The molecule has 2 aromatic carbocycles. The highest BCUT2D eigenvalue weighted by atomic mass is 16.8. The van der Waals surface area contributed by atoms with Crippen LogP contribution in [0.5, 0.6) is 0 Å². The first-order chi connectivity index (χ1) is 9.78. The maximum Gasteiger partial charge on any atom is 0.317 e. The standard InChI is InChI=1S/C16H12N2O2/c17-11-15-10-16(20-18(15)19)14-8-6-13(7-9-14)12-4-2-1-3-5-12/h1-9,16H,10H2. The van der Waals surface area contributed by atoms with Crippen molar-refractivity contribution in [2.75, 3.05) is 0 Å². The van der Waals surface area contributed by atoms with Crippen LogP contribution in [0.3, 0.4) is 0 Å². The third-order valence-corrected chi connectivity index (χ3v) is 3.34. The molecular formula is C16H12N2O2. The normalized spacial score (nSPS) is 17.7. The van der Waals surface area contributed by atoms with Crippen molar-refractivity contribution in [2.24, 2.45) is 0 Å². The van der Waals surface area contributed by atoms with E-state index in [2.05, 4.69) is 0 Å². The number of benzene rings is 2. The van der Waals surface area contributed by atoms with E-state index < -0.39 is 0 Å². The molecule has 4 nitrogen and oxygen atoms in total. The lowest BCUT2D eigenvalue weighted by Crippen LogP contribution is -1.99. The van der Waals surface area contributed by atoms with Gasteiger partial charge in [0.05, 0.1) is 11.3 Å². The number of rotatable bonds is 2. The fourth-order valence-electron chi connectivity index (χ4n) is 2.25. The van der Waals surface area contributed by atoms with Crippen LogP contribution in [0.1, 0.15) is 18.1 Å². The fourth-order valence-corrected chi connectivity index (χ4v) is 2.25. The molecule has 4 heteroatoms. The zero-order chi connectivity index (χ0) is 13.9. The van der Waals surface area contributed by atoms with Crippen LogP contribution in [0.2, 0.25) is 0 Å². The second-order valence-corrected chi connectivity index (χ2v) is 4.60. The Hall–Kier alpha value is -2.71. The lowest BCUT2D eigenvalue weighted by Gasteiger charge is -2.05. The van der Waals surface area contributed by atoms with Gasteiger partial charge in [-0.1, -0.05) is 54.6 Å². The highest BCUT2D eigenvalue weighted by Gasteiger charge is 2.38. The average molecular weight is 264 g/mol. The topological polar surface area (TPSA) is 51.6 Å². The quantitative estimate of drug-likeness (QED) is 0.778. The Balaban J connectivity index is 1.84. The maximum absolute atomic E-state index is 11.3. The van der Waals surface area contributed by atoms with Gasteiger partial charge in [0.25, 0.3) is 4.92 Å². The molecule has 20 heavy (non-hydrogen) atoms. The van der Waals surface area contributed by atoms with Gasteiger partial charge in [0, 0.05) is 5.56 Å². The van der Waals surface area contributed by atoms with Gasteiger partial charge in [-0.3, -0.25) is 0 Å². The average Bonchev–Trinajstić information content (AvgIpc) is 2.89. The van der Waals surface area contributed by atoms with Gasteiger partial charge in [-0.05, 0) is 11.1 Å². The Labute approximate surface area is 116 Å². The van der Waals surface area contributed by atoms with Gasteiger partial charge >= 0.3 is 5.70 Å². The smallest absolute Gasteiger partial charge is 0.317 e. The largest absolute Gasteiger partial charge is 0.758 e. The number of hydrogen-bond donors (Lipinski definition) is 0. The van der Waals surface area contributed by atoms with Gasteiger partial charge in [0.1, 0.15) is 0 Å². The molecule has 1 saturated heterocycles. The molecular weight excluding hydrogens is 252 g/mol. The summed E-state index contributed by atoms with van der Waals surface area (Å²) in [6, 6.07) is 17.9. The second-order valence-electron chi connectivity index (χ2n) is 4.60. The monoisotopic (exact) mass is 264 g/mol. The molecule has 1 heterocycles. The van der Waals surface area contributed by atoms with Crippen molar-refractivity contribution in [1.29, 1.82) is 0 Å². The SMILES string of the molecule is [N-]=C=C1CC(c2ccc(-c3ccccc3)cc2)O[N+]1=O. The summed E-state index contributed by atoms with van der Waals surface area (Å²) < 4.78 is 0. The molecule has 1 unspecified atom stereocenters. The van der Waals surface area contributed by atoms with Crippen LogP contribution in [0.4, 0.5) is 0 Å². The van der Waals surface area contributed by atoms with Crippen LogP contribution in [0.15, 0.2) is 60.3 Å². The highest BCUT2D eigenvalue weighted by molar-refractivity contribution is 5.63. The molecule has 1 aliphatic rings. The predicted octanol–water partition coefficient (Wildman–Crippen LogP) is 3.63. The minimum absolute atomic E-state index is 0.113. The summed E-state index contributed by atoms with van der Waals surface area (Å²) in [4.78, 5) is 16.7. The van der Waals surface area contributed by atoms with E-state index in [0.717, 1.165) is 16.7 Å². The van der Waals surface area contributed by atoms with E-state index in [4.69, 9.17) is 10.2 Å². The molecule has 2 aromatic rings. The van der Waals surface area contributed by atoms with E-state index in [1.807, 2.05) is 60.5 Å². The van der Waals surface area contributed by atoms with E-state index in [1.165, 1.54) is 0 Å². The Morgan fingerprint density at radius 2 is 1.70 bits per heavy atom. The van der Waals surface area contributed by atoms with Crippen molar-refractivity contribution in [3.63, 3.8) is 0 Å². The zero-order valence-corrected chi connectivity index (χ0v) is 10.7. The van der Waals surface area contributed by atoms with Gasteiger partial charge < -0.3 is 5.41 Å². The fraction of sp³-hybridized carbons (Fsp3) is 0.125. The summed E-state index contributed by atoms with van der Waals surface area (Å²) in [5.74, 6) is 1.86. The van der Waals surface area contributed by atoms with Crippen LogP contribution in [-0.2, 0) is 4.84 Å². The van der Waals surface area contributed by atoms with Crippen molar-refractivity contribution in [3.8, 4) is 11.1 Å². The minimum atomic E-state index is -0.369. The molecule has 1 fully saturated rings. The number of nitrogens with zero attached hydrogens (tertiary/aromatic N) is 2. The molecule has 0 bridgehead atoms. The molecule has 0 aliphatic carbocycles. The Kier molecular flexibility index (Phi) is 3.15. The zero-order valence-electron chi connectivity index (χ0n) is 10.7. The van der Waals surface area contributed by atoms with Crippen LogP contribution >= 0.6 is 0 Å². The summed E-state index contributed by atoms with van der Waals surface area (Å²) in [5.41, 5.74) is 3.26. The Morgan fingerprint density at radius 1 is 1.05 bits per heavy atom. The van der Waals surface area contributed by atoms with Crippen molar-refractivity contribution >= 4 is 5.87 Å². The van der Waals surface area contributed by atoms with Gasteiger partial charge in [-0.2, -0.15) is 5.87 Å². The molecule has 1 atom stereocenters. The lowest BCUT2D eigenvalue weighted by molar-refractivity contribution is -0.758. The van der Waals surface area contributed by atoms with E-state index in [0.29, 0.717) is 11.3 Å². The van der Waals surface area contributed by atoms with Gasteiger partial charge in [0.15, 0.2) is 0 Å². The third-order valence-electron chi connectivity index (χ3n) is 3.34. The van der Waals surface area contributed by atoms with Crippen molar-refractivity contribution in [1.82, 2.24) is 0 Å². The third kappa shape index (κ3) is 2.25. The lowest BCUT2D eigenvalue weighted by atomic mass is 10.0. The van der Waals surface area contributed by atoms with Crippen LogP contribution in [0, 0.1) is 4.91 Å². The first-order valence-electron chi connectivity index (χ1n) is 6.33. The van der Waals surface area contributed by atoms with E-state index in [1.54, 1.807) is 0 Å². The number of hydrogen-bond acceptors (Lipinski definition) is 2. The first-order valence-corrected chi connectivity index (χ1v) is 6.33. The van der Waals surface area contributed by atoms with E-state index in [9.17, 15) is 4.91 Å². The second kappa shape index (κ2) is 5.11. The van der Waals surface area contributed by atoms with Crippen molar-refractivity contribution in [2.45, 2.75) is 12.5 Å². The maximum atomic E-state index is 11.3. The molecule has 3 rings (SSSR count). The molecule has 0 radical (unpaired) electrons. The molecule has 1 aliphatic heterocycles. The highest BCUT2D eigenvalue weighted by Crippen LogP contribution is 2.32. The Bertz CT molecular complexity index is 686. The molecule has 0 saturated carbocycles. The minimum Gasteiger partial charge on any atom is -0.758 e. The van der Waals surface area contributed by atoms with E-state index in [-0.39, 0.29) is 11.8 Å². The van der Waals surface area contributed by atoms with Gasteiger partial charge in [-0.15, -0.1) is 0 Å². The van der Waals surface area contributed by atoms with Crippen LogP contribution in [0.25, 0.3) is 16.5 Å². The molecule has 0 aromatic heterocycles. The summed E-state index contributed by atoms with van der Waals surface area (Å²) in [6.07, 6.45) is -0.0445. The molecule has 0 amide bonds. The summed E-state index contributed by atoms with van der Waals surface area (Å²) in [7, 11) is 0. The molecule has 0 spiro atoms. The first kappa shape index (κ1) is 12.3. The van der Waals surface area contributed by atoms with Crippen LogP contribution in [-0.4, -0.2) is 10.8 Å². The Morgan fingerprint density at radius 3 is 2.30 bits per heavy atom. The van der Waals surface area contributed by atoms with Crippen molar-refractivity contribution < 1.29 is 9.76 Å². The predicted molar refractivity (Wildman–Crippen MR) is 75.8 cm³/mol. The van der Waals surface area contributed by atoms with E-state index >= 15 is 0 Å². The van der Waals surface area contributed by atoms with Crippen LogP contribution < -0.4 is 0 Å². The van der Waals surface area contributed by atoms with Crippen molar-refractivity contribution in [3.05, 3.63) is 76.2 Å². The van der Waals surface area contributed by atoms with Gasteiger partial charge in [-0.25, -0.2) is 4.84 Å².